The number of hydrogen-bond acceptors (Lipinski definition) is 5. The van der Waals surface area contributed by atoms with E-state index in [9.17, 15) is 14.7 Å². The first-order chi connectivity index (χ1) is 11.6. The first-order valence-electron chi connectivity index (χ1n) is 7.05. The van der Waals surface area contributed by atoms with Gasteiger partial charge < -0.3 is 10.0 Å². The highest BCUT2D eigenvalue weighted by Crippen LogP contribution is 2.32. The molecule has 24 heavy (non-hydrogen) atoms. The van der Waals surface area contributed by atoms with Crippen molar-refractivity contribution >= 4 is 40.6 Å². The summed E-state index contributed by atoms with van der Waals surface area (Å²) in [5, 5.41) is 9.73. The van der Waals surface area contributed by atoms with E-state index in [1.807, 2.05) is 6.07 Å². The van der Waals surface area contributed by atoms with Crippen LogP contribution in [0.1, 0.15) is 15.9 Å². The number of amides is 1. The van der Waals surface area contributed by atoms with Gasteiger partial charge in [0.1, 0.15) is 0 Å². The van der Waals surface area contributed by atoms with Crippen molar-refractivity contribution in [1.29, 1.82) is 0 Å². The number of pyridine rings is 1. The smallest absolute Gasteiger partial charge is 0.337 e. The maximum atomic E-state index is 12.1. The van der Waals surface area contributed by atoms with Crippen LogP contribution in [0, 0.1) is 0 Å². The molecule has 0 spiro atoms. The Morgan fingerprint density at radius 2 is 2.04 bits per heavy atom. The van der Waals surface area contributed by atoms with Gasteiger partial charge in [-0.05, 0) is 41.6 Å². The van der Waals surface area contributed by atoms with Crippen LogP contribution in [0.25, 0.3) is 6.08 Å². The molecule has 1 aromatic heterocycles. The molecule has 0 fully saturated rings. The Labute approximate surface area is 142 Å². The fourth-order valence-corrected chi connectivity index (χ4v) is 3.09. The number of aromatic carboxylic acids is 1. The van der Waals surface area contributed by atoms with Gasteiger partial charge in [0.05, 0.1) is 16.2 Å². The number of para-hydroxylation sites is 1. The summed E-state index contributed by atoms with van der Waals surface area (Å²) in [5.74, 6) is -1.38. The second kappa shape index (κ2) is 6.67. The Kier molecular flexibility index (Phi) is 4.43. The number of rotatable bonds is 3. The average molecular weight is 339 g/mol. The van der Waals surface area contributed by atoms with Gasteiger partial charge in [-0.2, -0.15) is 4.99 Å². The number of aliphatic imine (C=N–C) groups is 1. The number of carboxylic acid groups (broad SMARTS) is 1. The van der Waals surface area contributed by atoms with E-state index < -0.39 is 5.97 Å². The number of anilines is 1. The SMILES string of the molecule is CN(C1=NC(=O)/C(=C/c2cccnc2)S1)c1ccccc1C(=O)O. The van der Waals surface area contributed by atoms with Gasteiger partial charge in [-0.3, -0.25) is 9.78 Å². The van der Waals surface area contributed by atoms with E-state index in [2.05, 4.69) is 9.98 Å². The summed E-state index contributed by atoms with van der Waals surface area (Å²) in [6.07, 6.45) is 5.03. The van der Waals surface area contributed by atoms with E-state index in [1.54, 1.807) is 54.7 Å². The first-order valence-corrected chi connectivity index (χ1v) is 7.86. The third kappa shape index (κ3) is 3.21. The molecular weight excluding hydrogens is 326 g/mol. The molecule has 0 aliphatic carbocycles. The third-order valence-corrected chi connectivity index (χ3v) is 4.43. The minimum absolute atomic E-state index is 0.153. The van der Waals surface area contributed by atoms with Crippen LogP contribution < -0.4 is 4.90 Å². The molecule has 1 aliphatic heterocycles. The topological polar surface area (TPSA) is 82.9 Å². The van der Waals surface area contributed by atoms with Gasteiger partial charge in [0.2, 0.25) is 0 Å². The molecule has 0 unspecified atom stereocenters. The van der Waals surface area contributed by atoms with Crippen LogP contribution in [-0.4, -0.2) is 34.2 Å². The number of carbonyl (C=O) groups excluding carboxylic acids is 1. The number of aromatic nitrogens is 1. The standard InChI is InChI=1S/C17H13N3O3S/c1-20(13-7-3-2-6-12(13)16(22)23)17-19-15(21)14(24-17)9-11-5-4-8-18-10-11/h2-10H,1H3,(H,22,23)/b14-9-. The Balaban J connectivity index is 1.87. The highest BCUT2D eigenvalue weighted by molar-refractivity contribution is 8.18. The fraction of sp³-hybridized carbons (Fsp3) is 0.0588. The summed E-state index contributed by atoms with van der Waals surface area (Å²) in [6.45, 7) is 0. The van der Waals surface area contributed by atoms with Crippen molar-refractivity contribution in [2.45, 2.75) is 0 Å². The Bertz CT molecular complexity index is 862. The first kappa shape index (κ1) is 15.9. The number of nitrogens with zero attached hydrogens (tertiary/aromatic N) is 3. The van der Waals surface area contributed by atoms with Crippen molar-refractivity contribution in [1.82, 2.24) is 4.98 Å². The molecule has 0 atom stereocenters. The molecule has 1 N–H and O–H groups in total. The Hall–Kier alpha value is -2.93. The van der Waals surface area contributed by atoms with Crippen LogP contribution in [-0.2, 0) is 4.79 Å². The molecule has 120 valence electrons. The lowest BCUT2D eigenvalue weighted by atomic mass is 10.1. The summed E-state index contributed by atoms with van der Waals surface area (Å²) < 4.78 is 0. The van der Waals surface area contributed by atoms with Crippen LogP contribution in [0.4, 0.5) is 5.69 Å². The molecule has 2 aromatic rings. The molecule has 1 aromatic carbocycles. The van der Waals surface area contributed by atoms with Crippen molar-refractivity contribution < 1.29 is 14.7 Å². The average Bonchev–Trinajstić information content (AvgIpc) is 2.96. The van der Waals surface area contributed by atoms with Gasteiger partial charge in [0.25, 0.3) is 5.91 Å². The van der Waals surface area contributed by atoms with Gasteiger partial charge in [-0.15, -0.1) is 0 Å². The monoisotopic (exact) mass is 339 g/mol. The summed E-state index contributed by atoms with van der Waals surface area (Å²) >= 11 is 1.20. The number of benzene rings is 1. The molecule has 0 saturated carbocycles. The zero-order valence-corrected chi connectivity index (χ0v) is 13.5. The van der Waals surface area contributed by atoms with Crippen molar-refractivity contribution in [3.63, 3.8) is 0 Å². The van der Waals surface area contributed by atoms with Gasteiger partial charge in [0.15, 0.2) is 5.17 Å². The van der Waals surface area contributed by atoms with Crippen LogP contribution in [0.3, 0.4) is 0 Å². The Morgan fingerprint density at radius 3 is 2.75 bits per heavy atom. The van der Waals surface area contributed by atoms with Crippen molar-refractivity contribution in [3.8, 4) is 0 Å². The van der Waals surface area contributed by atoms with E-state index in [0.717, 1.165) is 5.56 Å². The highest BCUT2D eigenvalue weighted by atomic mass is 32.2. The van der Waals surface area contributed by atoms with E-state index in [4.69, 9.17) is 0 Å². The summed E-state index contributed by atoms with van der Waals surface area (Å²) in [5.41, 5.74) is 1.44. The lowest BCUT2D eigenvalue weighted by molar-refractivity contribution is -0.113. The maximum absolute atomic E-state index is 12.1. The molecule has 0 bridgehead atoms. The molecule has 3 rings (SSSR count). The minimum atomic E-state index is -1.03. The second-order valence-corrected chi connectivity index (χ2v) is 5.99. The predicted molar refractivity (Wildman–Crippen MR) is 94.1 cm³/mol. The summed E-state index contributed by atoms with van der Waals surface area (Å²) in [7, 11) is 1.69. The van der Waals surface area contributed by atoms with E-state index in [1.165, 1.54) is 17.8 Å². The fourth-order valence-electron chi connectivity index (χ4n) is 2.20. The molecule has 0 saturated heterocycles. The molecule has 0 radical (unpaired) electrons. The predicted octanol–water partition coefficient (Wildman–Crippen LogP) is 2.89. The van der Waals surface area contributed by atoms with Gasteiger partial charge in [-0.25, -0.2) is 4.79 Å². The van der Waals surface area contributed by atoms with Gasteiger partial charge >= 0.3 is 5.97 Å². The molecular formula is C17H13N3O3S. The van der Waals surface area contributed by atoms with E-state index in [0.29, 0.717) is 15.8 Å². The molecule has 1 amide bonds. The number of hydrogen-bond donors (Lipinski definition) is 1. The van der Waals surface area contributed by atoms with E-state index in [-0.39, 0.29) is 11.5 Å². The number of thioether (sulfide) groups is 1. The van der Waals surface area contributed by atoms with Crippen molar-refractivity contribution in [2.24, 2.45) is 4.99 Å². The highest BCUT2D eigenvalue weighted by Gasteiger charge is 2.26. The zero-order chi connectivity index (χ0) is 17.1. The largest absolute Gasteiger partial charge is 0.478 e. The lowest BCUT2D eigenvalue weighted by Crippen LogP contribution is -2.24. The lowest BCUT2D eigenvalue weighted by Gasteiger charge is -2.19. The number of amidine groups is 1. The number of carboxylic acids is 1. The van der Waals surface area contributed by atoms with Crippen molar-refractivity contribution in [3.05, 3.63) is 64.8 Å². The molecule has 2 heterocycles. The van der Waals surface area contributed by atoms with Crippen molar-refractivity contribution in [2.75, 3.05) is 11.9 Å². The normalized spacial score (nSPS) is 15.5. The Morgan fingerprint density at radius 1 is 1.25 bits per heavy atom. The van der Waals surface area contributed by atoms with Crippen LogP contribution in [0.5, 0.6) is 0 Å². The number of carbonyl (C=O) groups is 2. The van der Waals surface area contributed by atoms with Gasteiger partial charge in [0, 0.05) is 19.4 Å². The zero-order valence-electron chi connectivity index (χ0n) is 12.7. The molecule has 7 heteroatoms. The van der Waals surface area contributed by atoms with E-state index >= 15 is 0 Å². The maximum Gasteiger partial charge on any atom is 0.337 e. The third-order valence-electron chi connectivity index (χ3n) is 3.37. The quantitative estimate of drug-likeness (QED) is 0.866. The molecule has 1 aliphatic rings. The minimum Gasteiger partial charge on any atom is -0.478 e. The molecule has 6 nitrogen and oxygen atoms in total. The van der Waals surface area contributed by atoms with Crippen LogP contribution in [0.2, 0.25) is 0 Å². The summed E-state index contributed by atoms with van der Waals surface area (Å²) in [6, 6.07) is 10.2. The van der Waals surface area contributed by atoms with Gasteiger partial charge in [-0.1, -0.05) is 18.2 Å². The van der Waals surface area contributed by atoms with Crippen LogP contribution >= 0.6 is 11.8 Å². The summed E-state index contributed by atoms with van der Waals surface area (Å²) in [4.78, 5) is 33.6. The van der Waals surface area contributed by atoms with Crippen LogP contribution in [0.15, 0.2) is 58.7 Å². The second-order valence-electron chi connectivity index (χ2n) is 4.98.